The minimum Gasteiger partial charge on any atom is -0.379 e. The maximum atomic E-state index is 11.2. The molecule has 0 bridgehead atoms. The van der Waals surface area contributed by atoms with Crippen LogP contribution in [0.5, 0.6) is 0 Å². The van der Waals surface area contributed by atoms with Gasteiger partial charge in [-0.25, -0.2) is 0 Å². The average molecular weight is 214 g/mol. The van der Waals surface area contributed by atoms with Crippen LogP contribution in [-0.4, -0.2) is 38.8 Å². The van der Waals surface area contributed by atoms with Crippen molar-refractivity contribution >= 4 is 5.91 Å². The van der Waals surface area contributed by atoms with E-state index in [0.29, 0.717) is 32.2 Å². The van der Waals surface area contributed by atoms with Crippen molar-refractivity contribution in [3.8, 4) is 0 Å². The Morgan fingerprint density at radius 3 is 2.87 bits per heavy atom. The molecule has 0 aromatic carbocycles. The van der Waals surface area contributed by atoms with Gasteiger partial charge in [0.2, 0.25) is 5.91 Å². The Morgan fingerprint density at radius 1 is 1.53 bits per heavy atom. The van der Waals surface area contributed by atoms with Crippen molar-refractivity contribution < 1.29 is 9.53 Å². The molecule has 88 valence electrons. The van der Waals surface area contributed by atoms with E-state index < -0.39 is 0 Å². The average Bonchev–Trinajstić information content (AvgIpc) is 2.17. The third-order valence-corrected chi connectivity index (χ3v) is 1.59. The normalized spacial score (nSPS) is 10.3. The van der Waals surface area contributed by atoms with Crippen molar-refractivity contribution in [1.29, 1.82) is 0 Å². The topological polar surface area (TPSA) is 50.4 Å². The highest BCUT2D eigenvalue weighted by atomic mass is 16.5. The summed E-state index contributed by atoms with van der Waals surface area (Å²) in [6, 6.07) is 0. The van der Waals surface area contributed by atoms with E-state index in [-0.39, 0.29) is 5.91 Å². The van der Waals surface area contributed by atoms with Gasteiger partial charge in [-0.15, -0.1) is 6.58 Å². The summed E-state index contributed by atoms with van der Waals surface area (Å²) in [6.45, 7) is 10.6. The zero-order valence-electron chi connectivity index (χ0n) is 9.71. The van der Waals surface area contributed by atoms with Crippen LogP contribution in [0.3, 0.4) is 0 Å². The first kappa shape index (κ1) is 14.1. The summed E-state index contributed by atoms with van der Waals surface area (Å²) in [5, 5.41) is 5.68. The molecular weight excluding hydrogens is 192 g/mol. The van der Waals surface area contributed by atoms with Crippen molar-refractivity contribution in [3.63, 3.8) is 0 Å². The molecule has 0 heterocycles. The fourth-order valence-electron chi connectivity index (χ4n) is 0.932. The van der Waals surface area contributed by atoms with Gasteiger partial charge >= 0.3 is 0 Å². The van der Waals surface area contributed by atoms with Gasteiger partial charge in [0.05, 0.1) is 13.2 Å². The monoisotopic (exact) mass is 214 g/mol. The lowest BCUT2D eigenvalue weighted by molar-refractivity contribution is -0.120. The summed E-state index contributed by atoms with van der Waals surface area (Å²) >= 11 is 0. The quantitative estimate of drug-likeness (QED) is 0.435. The number of hydrogen-bond acceptors (Lipinski definition) is 3. The standard InChI is InChI=1S/C11H22N2O2/c1-4-5-12-8-11(14)13-6-7-15-9-10(2)3/h4,10,12H,1,5-9H2,2-3H3,(H,13,14). The molecule has 0 aliphatic heterocycles. The van der Waals surface area contributed by atoms with Gasteiger partial charge in [0.25, 0.3) is 0 Å². The molecule has 0 atom stereocenters. The second kappa shape index (κ2) is 9.68. The first-order chi connectivity index (χ1) is 7.16. The third kappa shape index (κ3) is 11.1. The van der Waals surface area contributed by atoms with E-state index in [1.165, 1.54) is 0 Å². The fourth-order valence-corrected chi connectivity index (χ4v) is 0.932. The highest BCUT2D eigenvalue weighted by Crippen LogP contribution is 1.90. The van der Waals surface area contributed by atoms with E-state index in [1.54, 1.807) is 6.08 Å². The smallest absolute Gasteiger partial charge is 0.234 e. The zero-order valence-corrected chi connectivity index (χ0v) is 9.71. The van der Waals surface area contributed by atoms with Crippen molar-refractivity contribution in [1.82, 2.24) is 10.6 Å². The van der Waals surface area contributed by atoms with Gasteiger partial charge in [0, 0.05) is 19.7 Å². The Hall–Kier alpha value is -0.870. The molecule has 0 spiro atoms. The molecule has 0 saturated heterocycles. The van der Waals surface area contributed by atoms with E-state index >= 15 is 0 Å². The van der Waals surface area contributed by atoms with Crippen LogP contribution >= 0.6 is 0 Å². The molecule has 0 aromatic rings. The van der Waals surface area contributed by atoms with Crippen LogP contribution in [0.4, 0.5) is 0 Å². The van der Waals surface area contributed by atoms with Gasteiger partial charge in [-0.05, 0) is 5.92 Å². The zero-order chi connectivity index (χ0) is 11.5. The van der Waals surface area contributed by atoms with Crippen molar-refractivity contribution in [2.45, 2.75) is 13.8 Å². The molecule has 15 heavy (non-hydrogen) atoms. The summed E-state index contributed by atoms with van der Waals surface area (Å²) in [5.41, 5.74) is 0. The van der Waals surface area contributed by atoms with Gasteiger partial charge in [0.1, 0.15) is 0 Å². The molecule has 0 saturated carbocycles. The predicted octanol–water partition coefficient (Wildman–Crippen LogP) is 0.551. The van der Waals surface area contributed by atoms with Crippen LogP contribution in [0.25, 0.3) is 0 Å². The van der Waals surface area contributed by atoms with E-state index in [9.17, 15) is 4.79 Å². The Labute approximate surface area is 92.1 Å². The van der Waals surface area contributed by atoms with E-state index in [4.69, 9.17) is 4.74 Å². The van der Waals surface area contributed by atoms with Crippen molar-refractivity contribution in [3.05, 3.63) is 12.7 Å². The van der Waals surface area contributed by atoms with Crippen LogP contribution in [0.2, 0.25) is 0 Å². The number of nitrogens with one attached hydrogen (secondary N) is 2. The SMILES string of the molecule is C=CCNCC(=O)NCCOCC(C)C. The first-order valence-electron chi connectivity index (χ1n) is 5.33. The molecular formula is C11H22N2O2. The maximum absolute atomic E-state index is 11.2. The number of carbonyl (C=O) groups is 1. The summed E-state index contributed by atoms with van der Waals surface area (Å²) in [6.07, 6.45) is 1.72. The Bertz CT molecular complexity index is 181. The number of hydrogen-bond donors (Lipinski definition) is 2. The van der Waals surface area contributed by atoms with Crippen LogP contribution in [0.15, 0.2) is 12.7 Å². The molecule has 2 N–H and O–H groups in total. The minimum atomic E-state index is -0.00926. The fraction of sp³-hybridized carbons (Fsp3) is 0.727. The number of rotatable bonds is 9. The second-order valence-electron chi connectivity index (χ2n) is 3.74. The molecule has 0 unspecified atom stereocenters. The Morgan fingerprint density at radius 2 is 2.27 bits per heavy atom. The van der Waals surface area contributed by atoms with E-state index in [1.807, 2.05) is 0 Å². The molecule has 0 aliphatic carbocycles. The number of amides is 1. The van der Waals surface area contributed by atoms with Gasteiger partial charge in [-0.1, -0.05) is 19.9 Å². The molecule has 0 radical (unpaired) electrons. The van der Waals surface area contributed by atoms with Crippen molar-refractivity contribution in [2.24, 2.45) is 5.92 Å². The lowest BCUT2D eigenvalue weighted by atomic mass is 10.2. The highest BCUT2D eigenvalue weighted by Gasteiger charge is 1.98. The van der Waals surface area contributed by atoms with Crippen LogP contribution in [-0.2, 0) is 9.53 Å². The molecule has 4 heteroatoms. The molecule has 0 rings (SSSR count). The summed E-state index contributed by atoms with van der Waals surface area (Å²) in [7, 11) is 0. The van der Waals surface area contributed by atoms with Crippen molar-refractivity contribution in [2.75, 3.05) is 32.8 Å². The summed E-state index contributed by atoms with van der Waals surface area (Å²) in [5.74, 6) is 0.528. The van der Waals surface area contributed by atoms with Crippen LogP contribution in [0.1, 0.15) is 13.8 Å². The summed E-state index contributed by atoms with van der Waals surface area (Å²) < 4.78 is 5.32. The molecule has 4 nitrogen and oxygen atoms in total. The third-order valence-electron chi connectivity index (χ3n) is 1.59. The van der Waals surface area contributed by atoms with Crippen LogP contribution < -0.4 is 10.6 Å². The largest absolute Gasteiger partial charge is 0.379 e. The summed E-state index contributed by atoms with van der Waals surface area (Å²) in [4.78, 5) is 11.2. The maximum Gasteiger partial charge on any atom is 0.234 e. The lowest BCUT2D eigenvalue weighted by Gasteiger charge is -2.08. The first-order valence-corrected chi connectivity index (χ1v) is 5.33. The Balaban J connectivity index is 3.20. The number of carbonyl (C=O) groups excluding carboxylic acids is 1. The highest BCUT2D eigenvalue weighted by molar-refractivity contribution is 5.77. The lowest BCUT2D eigenvalue weighted by Crippen LogP contribution is -2.35. The van der Waals surface area contributed by atoms with Crippen LogP contribution in [0, 0.1) is 5.92 Å². The van der Waals surface area contributed by atoms with Gasteiger partial charge in [-0.2, -0.15) is 0 Å². The van der Waals surface area contributed by atoms with Gasteiger partial charge < -0.3 is 15.4 Å². The molecule has 0 aliphatic rings. The Kier molecular flexibility index (Phi) is 9.11. The number of ether oxygens (including phenoxy) is 1. The molecule has 0 fully saturated rings. The minimum absolute atomic E-state index is 0.00926. The molecule has 1 amide bonds. The van der Waals surface area contributed by atoms with Gasteiger partial charge in [0.15, 0.2) is 0 Å². The van der Waals surface area contributed by atoms with E-state index in [2.05, 4.69) is 31.1 Å². The second-order valence-corrected chi connectivity index (χ2v) is 3.74. The molecule has 0 aromatic heterocycles. The van der Waals surface area contributed by atoms with Gasteiger partial charge in [-0.3, -0.25) is 4.79 Å². The van der Waals surface area contributed by atoms with E-state index in [0.717, 1.165) is 6.61 Å². The predicted molar refractivity (Wildman–Crippen MR) is 61.7 cm³/mol.